The molecule has 2 rings (SSSR count). The van der Waals surface area contributed by atoms with Crippen LogP contribution in [0.2, 0.25) is 0 Å². The zero-order chi connectivity index (χ0) is 21.1. The molecule has 1 atom stereocenters. The first-order valence-electron chi connectivity index (χ1n) is 9.01. The topological polar surface area (TPSA) is 66.5 Å². The first-order valence-corrected chi connectivity index (χ1v) is 10.9. The van der Waals surface area contributed by atoms with Gasteiger partial charge in [0.1, 0.15) is 12.4 Å². The van der Waals surface area contributed by atoms with Gasteiger partial charge in [-0.05, 0) is 41.7 Å². The summed E-state index contributed by atoms with van der Waals surface area (Å²) in [6, 6.07) is 12.8. The molecule has 0 aliphatic carbocycles. The van der Waals surface area contributed by atoms with Crippen LogP contribution in [0.1, 0.15) is 44.9 Å². The van der Waals surface area contributed by atoms with E-state index in [0.717, 1.165) is 22.2 Å². The third-order valence-electron chi connectivity index (χ3n) is 4.44. The lowest BCUT2D eigenvalue weighted by molar-refractivity contribution is -0.120. The molecule has 0 radical (unpaired) electrons. The second kappa shape index (κ2) is 8.31. The molecule has 0 bridgehead atoms. The zero-order valence-corrected chi connectivity index (χ0v) is 17.7. The van der Waals surface area contributed by atoms with Crippen LogP contribution in [0.3, 0.4) is 0 Å². The fraction of sp³-hybridized carbons (Fsp3) is 0.381. The number of sulfonamides is 1. The summed E-state index contributed by atoms with van der Waals surface area (Å²) in [4.78, 5) is 12.5. The first kappa shape index (κ1) is 21.9. The molecule has 0 fully saturated rings. The van der Waals surface area contributed by atoms with Gasteiger partial charge in [0.05, 0.1) is 18.0 Å². The quantitative estimate of drug-likeness (QED) is 0.794. The van der Waals surface area contributed by atoms with Crippen molar-refractivity contribution >= 4 is 21.6 Å². The summed E-state index contributed by atoms with van der Waals surface area (Å²) in [5.41, 5.74) is 2.24. The highest BCUT2D eigenvalue weighted by molar-refractivity contribution is 7.92. The molecular formula is C21H27FN2O3S. The summed E-state index contributed by atoms with van der Waals surface area (Å²) in [6.07, 6.45) is 0.986. The van der Waals surface area contributed by atoms with E-state index in [2.05, 4.69) is 26.1 Å². The normalized spacial score (nSPS) is 13.1. The maximum atomic E-state index is 13.5. The zero-order valence-electron chi connectivity index (χ0n) is 16.9. The first-order chi connectivity index (χ1) is 12.9. The Morgan fingerprint density at radius 2 is 1.75 bits per heavy atom. The molecule has 2 aromatic carbocycles. The molecule has 1 amide bonds. The van der Waals surface area contributed by atoms with Crippen LogP contribution in [-0.2, 0) is 20.2 Å². The summed E-state index contributed by atoms with van der Waals surface area (Å²) in [5, 5.41) is 2.80. The molecule has 0 aliphatic rings. The minimum absolute atomic E-state index is 0.0337. The van der Waals surface area contributed by atoms with Gasteiger partial charge in [-0.25, -0.2) is 12.8 Å². The van der Waals surface area contributed by atoms with E-state index in [9.17, 15) is 17.6 Å². The Morgan fingerprint density at radius 3 is 2.25 bits per heavy atom. The lowest BCUT2D eigenvalue weighted by Gasteiger charge is -2.24. The van der Waals surface area contributed by atoms with Gasteiger partial charge >= 0.3 is 0 Å². The molecule has 5 nitrogen and oxygen atoms in total. The van der Waals surface area contributed by atoms with Gasteiger partial charge in [0.25, 0.3) is 0 Å². The highest BCUT2D eigenvalue weighted by Crippen LogP contribution is 2.24. The number of hydrogen-bond donors (Lipinski definition) is 1. The third kappa shape index (κ3) is 5.79. The van der Waals surface area contributed by atoms with E-state index >= 15 is 0 Å². The summed E-state index contributed by atoms with van der Waals surface area (Å²) >= 11 is 0. The fourth-order valence-electron chi connectivity index (χ4n) is 2.80. The van der Waals surface area contributed by atoms with Crippen LogP contribution in [0.4, 0.5) is 10.1 Å². The van der Waals surface area contributed by atoms with Crippen LogP contribution in [0, 0.1) is 5.82 Å². The summed E-state index contributed by atoms with van der Waals surface area (Å²) < 4.78 is 38.5. The van der Waals surface area contributed by atoms with Gasteiger partial charge in [0, 0.05) is 0 Å². The van der Waals surface area contributed by atoms with Crippen molar-refractivity contribution in [2.75, 3.05) is 17.1 Å². The molecule has 0 saturated carbocycles. The summed E-state index contributed by atoms with van der Waals surface area (Å²) in [7, 11) is -3.75. The lowest BCUT2D eigenvalue weighted by Crippen LogP contribution is -2.41. The highest BCUT2D eigenvalue weighted by Gasteiger charge is 2.22. The Bertz CT molecular complexity index is 935. The van der Waals surface area contributed by atoms with Crippen molar-refractivity contribution in [3.8, 4) is 0 Å². The van der Waals surface area contributed by atoms with Gasteiger partial charge < -0.3 is 5.32 Å². The van der Waals surface area contributed by atoms with Crippen molar-refractivity contribution in [3.63, 3.8) is 0 Å². The minimum Gasteiger partial charge on any atom is -0.348 e. The molecule has 0 heterocycles. The Balaban J connectivity index is 2.12. The minimum atomic E-state index is -3.75. The monoisotopic (exact) mass is 406 g/mol. The van der Waals surface area contributed by atoms with Crippen molar-refractivity contribution in [1.29, 1.82) is 0 Å². The Kier molecular flexibility index (Phi) is 6.49. The van der Waals surface area contributed by atoms with E-state index in [1.165, 1.54) is 23.8 Å². The number of nitrogens with zero attached hydrogens (tertiary/aromatic N) is 1. The predicted octanol–water partition coefficient (Wildman–Crippen LogP) is 3.77. The molecule has 2 aromatic rings. The molecule has 0 aromatic heterocycles. The van der Waals surface area contributed by atoms with Gasteiger partial charge in [-0.3, -0.25) is 9.10 Å². The number of amides is 1. The number of nitrogens with one attached hydrogen (secondary N) is 1. The van der Waals surface area contributed by atoms with Crippen molar-refractivity contribution in [1.82, 2.24) is 5.32 Å². The SMILES string of the molecule is C[C@@H](NC(=O)CN(c1cccc(F)c1)S(C)(=O)=O)c1ccc(C(C)(C)C)cc1. The summed E-state index contributed by atoms with van der Waals surface area (Å²) in [6.45, 7) is 7.78. The van der Waals surface area contributed by atoms with Crippen LogP contribution < -0.4 is 9.62 Å². The average Bonchev–Trinajstić information content (AvgIpc) is 2.58. The van der Waals surface area contributed by atoms with Crippen molar-refractivity contribution in [2.24, 2.45) is 0 Å². The molecule has 0 aliphatic heterocycles. The lowest BCUT2D eigenvalue weighted by atomic mass is 9.86. The maximum absolute atomic E-state index is 13.5. The number of carbonyl (C=O) groups is 1. The smallest absolute Gasteiger partial charge is 0.241 e. The van der Waals surface area contributed by atoms with E-state index in [1.54, 1.807) is 0 Å². The van der Waals surface area contributed by atoms with E-state index in [0.29, 0.717) is 0 Å². The molecule has 0 spiro atoms. The second-order valence-corrected chi connectivity index (χ2v) is 9.82. The molecule has 28 heavy (non-hydrogen) atoms. The summed E-state index contributed by atoms with van der Waals surface area (Å²) in [5.74, 6) is -1.04. The average molecular weight is 407 g/mol. The van der Waals surface area contributed by atoms with Crippen molar-refractivity contribution in [2.45, 2.75) is 39.2 Å². The molecule has 0 saturated heterocycles. The second-order valence-electron chi connectivity index (χ2n) is 7.91. The number of halogens is 1. The van der Waals surface area contributed by atoms with Gasteiger partial charge in [-0.1, -0.05) is 51.1 Å². The Labute approximate surface area is 166 Å². The Hall–Kier alpha value is -2.41. The molecule has 1 N–H and O–H groups in total. The molecule has 0 unspecified atom stereocenters. The van der Waals surface area contributed by atoms with E-state index < -0.39 is 28.3 Å². The largest absolute Gasteiger partial charge is 0.348 e. The number of benzene rings is 2. The van der Waals surface area contributed by atoms with E-state index in [1.807, 2.05) is 31.2 Å². The van der Waals surface area contributed by atoms with E-state index in [4.69, 9.17) is 0 Å². The third-order valence-corrected chi connectivity index (χ3v) is 5.58. The van der Waals surface area contributed by atoms with Crippen LogP contribution >= 0.6 is 0 Å². The van der Waals surface area contributed by atoms with Crippen molar-refractivity contribution < 1.29 is 17.6 Å². The molecule has 152 valence electrons. The number of rotatable bonds is 6. The number of carbonyl (C=O) groups excluding carboxylic acids is 1. The van der Waals surface area contributed by atoms with Gasteiger partial charge in [0.2, 0.25) is 15.9 Å². The van der Waals surface area contributed by atoms with Crippen LogP contribution in [0.5, 0.6) is 0 Å². The van der Waals surface area contributed by atoms with Gasteiger partial charge in [0.15, 0.2) is 0 Å². The standard InChI is InChI=1S/C21H27FN2O3S/c1-15(16-9-11-17(12-10-16)21(2,3)4)23-20(25)14-24(28(5,26)27)19-8-6-7-18(22)13-19/h6-13,15H,14H2,1-5H3,(H,23,25)/t15-/m1/s1. The van der Waals surface area contributed by atoms with Crippen LogP contribution in [-0.4, -0.2) is 27.1 Å². The predicted molar refractivity (Wildman–Crippen MR) is 110 cm³/mol. The Morgan fingerprint density at radius 1 is 1.14 bits per heavy atom. The highest BCUT2D eigenvalue weighted by atomic mass is 32.2. The molecule has 7 heteroatoms. The van der Waals surface area contributed by atoms with Crippen molar-refractivity contribution in [3.05, 3.63) is 65.5 Å². The van der Waals surface area contributed by atoms with Gasteiger partial charge in [-0.15, -0.1) is 0 Å². The number of anilines is 1. The molecular weight excluding hydrogens is 379 g/mol. The van der Waals surface area contributed by atoms with Crippen LogP contribution in [0.15, 0.2) is 48.5 Å². The van der Waals surface area contributed by atoms with Gasteiger partial charge in [-0.2, -0.15) is 0 Å². The number of hydrogen-bond acceptors (Lipinski definition) is 3. The maximum Gasteiger partial charge on any atom is 0.241 e. The fourth-order valence-corrected chi connectivity index (χ4v) is 3.65. The van der Waals surface area contributed by atoms with Crippen LogP contribution in [0.25, 0.3) is 0 Å². The van der Waals surface area contributed by atoms with E-state index in [-0.39, 0.29) is 17.1 Å².